The van der Waals surface area contributed by atoms with Crippen LogP contribution in [0.2, 0.25) is 0 Å². The molecule has 0 spiro atoms. The minimum Gasteiger partial charge on any atom is -0.497 e. The molecule has 0 fully saturated rings. The van der Waals surface area contributed by atoms with Gasteiger partial charge in [0.15, 0.2) is 0 Å². The van der Waals surface area contributed by atoms with Crippen molar-refractivity contribution in [1.82, 2.24) is 4.98 Å². The Bertz CT molecular complexity index is 938. The normalized spacial score (nSPS) is 11.0. The number of pyridine rings is 1. The average Bonchev–Trinajstić information content (AvgIpc) is 2.69. The van der Waals surface area contributed by atoms with E-state index in [2.05, 4.69) is 15.6 Å². The van der Waals surface area contributed by atoms with E-state index in [1.165, 1.54) is 6.20 Å². The third-order valence-electron chi connectivity index (χ3n) is 3.86. The molecule has 0 saturated carbocycles. The number of anilines is 3. The lowest BCUT2D eigenvalue weighted by molar-refractivity contribution is -0.137. The monoisotopic (exact) mass is 387 g/mol. The Labute approximate surface area is 159 Å². The fourth-order valence-electron chi connectivity index (χ4n) is 2.38. The molecule has 0 saturated heterocycles. The van der Waals surface area contributed by atoms with Crippen molar-refractivity contribution in [3.05, 3.63) is 78.0 Å². The summed E-state index contributed by atoms with van der Waals surface area (Å²) >= 11 is 0. The molecule has 0 bridgehead atoms. The number of benzene rings is 2. The predicted molar refractivity (Wildman–Crippen MR) is 99.9 cm³/mol. The van der Waals surface area contributed by atoms with Gasteiger partial charge in [-0.05, 0) is 60.7 Å². The highest BCUT2D eigenvalue weighted by Gasteiger charge is 2.30. The summed E-state index contributed by atoms with van der Waals surface area (Å²) in [5, 5.41) is 5.70. The Balaban J connectivity index is 1.62. The number of carbonyl (C=O) groups is 1. The van der Waals surface area contributed by atoms with Gasteiger partial charge in [-0.1, -0.05) is 0 Å². The minimum absolute atomic E-state index is 0.119. The van der Waals surface area contributed by atoms with Crippen LogP contribution in [0.3, 0.4) is 0 Å². The van der Waals surface area contributed by atoms with Crippen LogP contribution in [0.5, 0.6) is 5.75 Å². The fourth-order valence-corrected chi connectivity index (χ4v) is 2.38. The molecule has 2 N–H and O–H groups in total. The van der Waals surface area contributed by atoms with Crippen LogP contribution in [-0.4, -0.2) is 18.0 Å². The smallest absolute Gasteiger partial charge is 0.416 e. The number of aromatic nitrogens is 1. The van der Waals surface area contributed by atoms with Gasteiger partial charge in [0.25, 0.3) is 5.91 Å². The standard InChI is InChI=1S/C20H16F3N3O2/c1-28-17-9-6-15(7-10-17)25-18-11-8-16(12-24-18)26-19(27)13-2-4-14(5-3-13)20(21,22)23/h2-12H,1H3,(H,24,25)(H,26,27). The SMILES string of the molecule is COc1ccc(Nc2ccc(NC(=O)c3ccc(C(F)(F)F)cc3)cn2)cc1. The molecule has 0 radical (unpaired) electrons. The number of hydrogen-bond donors (Lipinski definition) is 2. The van der Waals surface area contributed by atoms with E-state index in [0.29, 0.717) is 11.5 Å². The number of nitrogens with zero attached hydrogens (tertiary/aromatic N) is 1. The molecular formula is C20H16F3N3O2. The van der Waals surface area contributed by atoms with Crippen LogP contribution in [0.15, 0.2) is 66.9 Å². The summed E-state index contributed by atoms with van der Waals surface area (Å²) in [5.74, 6) is 0.781. The summed E-state index contributed by atoms with van der Waals surface area (Å²) < 4.78 is 42.8. The molecule has 0 aliphatic rings. The van der Waals surface area contributed by atoms with Crippen LogP contribution in [0.1, 0.15) is 15.9 Å². The molecule has 1 heterocycles. The first kappa shape index (κ1) is 19.2. The first-order chi connectivity index (χ1) is 13.3. The predicted octanol–water partition coefficient (Wildman–Crippen LogP) is 5.10. The van der Waals surface area contributed by atoms with Crippen LogP contribution >= 0.6 is 0 Å². The number of alkyl halides is 3. The van der Waals surface area contributed by atoms with Crippen LogP contribution in [0.25, 0.3) is 0 Å². The molecule has 0 atom stereocenters. The van der Waals surface area contributed by atoms with Gasteiger partial charge in [-0.25, -0.2) is 4.98 Å². The molecule has 1 amide bonds. The van der Waals surface area contributed by atoms with Gasteiger partial charge in [-0.2, -0.15) is 13.2 Å². The molecule has 28 heavy (non-hydrogen) atoms. The number of rotatable bonds is 5. The van der Waals surface area contributed by atoms with Crippen LogP contribution in [0.4, 0.5) is 30.4 Å². The lowest BCUT2D eigenvalue weighted by atomic mass is 10.1. The van der Waals surface area contributed by atoms with Crippen molar-refractivity contribution in [2.24, 2.45) is 0 Å². The molecule has 2 aromatic carbocycles. The van der Waals surface area contributed by atoms with Gasteiger partial charge < -0.3 is 15.4 Å². The van der Waals surface area contributed by atoms with Crippen molar-refractivity contribution in [2.75, 3.05) is 17.7 Å². The number of amides is 1. The summed E-state index contributed by atoms with van der Waals surface area (Å²) in [6.07, 6.45) is -2.99. The number of halogens is 3. The van der Waals surface area contributed by atoms with E-state index in [1.807, 2.05) is 12.1 Å². The fraction of sp³-hybridized carbons (Fsp3) is 0.100. The van der Waals surface area contributed by atoms with Gasteiger partial charge in [0, 0.05) is 11.3 Å². The highest BCUT2D eigenvalue weighted by atomic mass is 19.4. The third kappa shape index (κ3) is 4.79. The Morgan fingerprint density at radius 2 is 1.57 bits per heavy atom. The van der Waals surface area contributed by atoms with E-state index < -0.39 is 17.6 Å². The number of nitrogens with one attached hydrogen (secondary N) is 2. The quantitative estimate of drug-likeness (QED) is 0.639. The number of ether oxygens (including phenoxy) is 1. The maximum Gasteiger partial charge on any atom is 0.416 e. The van der Waals surface area contributed by atoms with E-state index in [9.17, 15) is 18.0 Å². The zero-order chi connectivity index (χ0) is 20.1. The number of hydrogen-bond acceptors (Lipinski definition) is 4. The molecule has 1 aromatic heterocycles. The first-order valence-electron chi connectivity index (χ1n) is 8.21. The zero-order valence-electron chi connectivity index (χ0n) is 14.7. The summed E-state index contributed by atoms with van der Waals surface area (Å²) in [7, 11) is 1.59. The Hall–Kier alpha value is -3.55. The lowest BCUT2D eigenvalue weighted by Crippen LogP contribution is -2.13. The molecule has 0 unspecified atom stereocenters. The van der Waals surface area contributed by atoms with Gasteiger partial charge in [0.1, 0.15) is 11.6 Å². The third-order valence-corrected chi connectivity index (χ3v) is 3.86. The van der Waals surface area contributed by atoms with Crippen LogP contribution in [-0.2, 0) is 6.18 Å². The van der Waals surface area contributed by atoms with E-state index in [-0.39, 0.29) is 5.56 Å². The second-order valence-corrected chi connectivity index (χ2v) is 5.81. The molecule has 144 valence electrons. The van der Waals surface area contributed by atoms with Crippen molar-refractivity contribution in [1.29, 1.82) is 0 Å². The molecular weight excluding hydrogens is 371 g/mol. The van der Waals surface area contributed by atoms with Gasteiger partial charge in [-0.15, -0.1) is 0 Å². The molecule has 5 nitrogen and oxygen atoms in total. The summed E-state index contributed by atoms with van der Waals surface area (Å²) in [6, 6.07) is 14.6. The summed E-state index contributed by atoms with van der Waals surface area (Å²) in [6.45, 7) is 0. The molecule has 0 aliphatic heterocycles. The van der Waals surface area contributed by atoms with Crippen molar-refractivity contribution in [2.45, 2.75) is 6.18 Å². The second kappa shape index (κ2) is 7.99. The molecule has 8 heteroatoms. The molecule has 0 aliphatic carbocycles. The minimum atomic E-state index is -4.44. The Kier molecular flexibility index (Phi) is 5.49. The Morgan fingerprint density at radius 1 is 0.929 bits per heavy atom. The number of carbonyl (C=O) groups excluding carboxylic acids is 1. The van der Waals surface area contributed by atoms with Crippen molar-refractivity contribution in [3.63, 3.8) is 0 Å². The largest absolute Gasteiger partial charge is 0.497 e. The highest BCUT2D eigenvalue weighted by Crippen LogP contribution is 2.29. The average molecular weight is 387 g/mol. The molecule has 3 aromatic rings. The summed E-state index contributed by atoms with van der Waals surface area (Å²) in [4.78, 5) is 16.4. The van der Waals surface area contributed by atoms with Crippen molar-refractivity contribution >= 4 is 23.1 Å². The lowest BCUT2D eigenvalue weighted by Gasteiger charge is -2.09. The summed E-state index contributed by atoms with van der Waals surface area (Å²) in [5.41, 5.74) is 0.549. The van der Waals surface area contributed by atoms with Crippen LogP contribution < -0.4 is 15.4 Å². The Morgan fingerprint density at radius 3 is 2.11 bits per heavy atom. The molecule has 3 rings (SSSR count). The van der Waals surface area contributed by atoms with Gasteiger partial charge >= 0.3 is 6.18 Å². The van der Waals surface area contributed by atoms with Gasteiger partial charge in [0.2, 0.25) is 0 Å². The second-order valence-electron chi connectivity index (χ2n) is 5.81. The van der Waals surface area contributed by atoms with Gasteiger partial charge in [-0.3, -0.25) is 4.79 Å². The van der Waals surface area contributed by atoms with Crippen LogP contribution in [0, 0.1) is 0 Å². The van der Waals surface area contributed by atoms with Crippen molar-refractivity contribution in [3.8, 4) is 5.75 Å². The van der Waals surface area contributed by atoms with E-state index in [4.69, 9.17) is 4.74 Å². The first-order valence-corrected chi connectivity index (χ1v) is 8.21. The number of methoxy groups -OCH3 is 1. The maximum atomic E-state index is 12.6. The highest BCUT2D eigenvalue weighted by molar-refractivity contribution is 6.04. The van der Waals surface area contributed by atoms with E-state index >= 15 is 0 Å². The van der Waals surface area contributed by atoms with E-state index in [1.54, 1.807) is 31.4 Å². The topological polar surface area (TPSA) is 63.2 Å². The zero-order valence-corrected chi connectivity index (χ0v) is 14.7. The van der Waals surface area contributed by atoms with Crippen molar-refractivity contribution < 1.29 is 22.7 Å². The van der Waals surface area contributed by atoms with Gasteiger partial charge in [0.05, 0.1) is 24.6 Å². The maximum absolute atomic E-state index is 12.6. The van der Waals surface area contributed by atoms with E-state index in [0.717, 1.165) is 35.7 Å².